The largest absolute Gasteiger partial charge is 0.497 e. The molecule has 38 heavy (non-hydrogen) atoms. The Bertz CT molecular complexity index is 1550. The van der Waals surface area contributed by atoms with Crippen LogP contribution in [0.4, 0.5) is 5.69 Å². The molecule has 0 radical (unpaired) electrons. The lowest BCUT2D eigenvalue weighted by atomic mass is 9.91. The molecule has 1 spiro atoms. The zero-order chi connectivity index (χ0) is 25.7. The molecule has 2 aromatic carbocycles. The fourth-order valence-corrected chi connectivity index (χ4v) is 6.25. The van der Waals surface area contributed by atoms with Crippen LogP contribution in [-0.4, -0.2) is 46.2 Å². The average molecular weight is 506 g/mol. The molecule has 2 aromatic heterocycles. The number of pyridine rings is 1. The van der Waals surface area contributed by atoms with Crippen LogP contribution in [-0.2, 0) is 16.8 Å². The molecule has 2 aliphatic heterocycles. The molecule has 1 unspecified atom stereocenters. The minimum atomic E-state index is -0.506. The van der Waals surface area contributed by atoms with Crippen LogP contribution in [0.3, 0.4) is 0 Å². The number of rotatable bonds is 6. The van der Waals surface area contributed by atoms with E-state index in [4.69, 9.17) is 4.74 Å². The molecule has 192 valence electrons. The highest BCUT2D eigenvalue weighted by molar-refractivity contribution is 6.10. The Labute approximate surface area is 221 Å². The van der Waals surface area contributed by atoms with Gasteiger partial charge in [0.2, 0.25) is 5.91 Å². The lowest BCUT2D eigenvalue weighted by Crippen LogP contribution is -2.29. The first-order chi connectivity index (χ1) is 18.6. The normalized spacial score (nSPS) is 22.8. The van der Waals surface area contributed by atoms with Gasteiger partial charge in [-0.15, -0.1) is 0 Å². The Hall–Kier alpha value is -3.97. The van der Waals surface area contributed by atoms with Crippen LogP contribution in [0.2, 0.25) is 0 Å². The molecule has 7 nitrogen and oxygen atoms in total. The van der Waals surface area contributed by atoms with Gasteiger partial charge in [0.15, 0.2) is 0 Å². The maximum Gasteiger partial charge on any atom is 0.235 e. The summed E-state index contributed by atoms with van der Waals surface area (Å²) in [5, 5.41) is 11.9. The van der Waals surface area contributed by atoms with Crippen LogP contribution < -0.4 is 10.1 Å². The Morgan fingerprint density at radius 1 is 1.08 bits per heavy atom. The monoisotopic (exact) mass is 505 g/mol. The minimum Gasteiger partial charge on any atom is -0.497 e. The molecule has 7 heteroatoms. The van der Waals surface area contributed by atoms with E-state index in [2.05, 4.69) is 61.8 Å². The molecule has 1 saturated carbocycles. The number of aromatic amines is 1. The quantitative estimate of drug-likeness (QED) is 0.362. The second-order valence-electron chi connectivity index (χ2n) is 10.8. The first kappa shape index (κ1) is 23.2. The van der Waals surface area contributed by atoms with E-state index in [1.807, 2.05) is 30.5 Å². The van der Waals surface area contributed by atoms with E-state index < -0.39 is 5.41 Å². The lowest BCUT2D eigenvalue weighted by Gasteiger charge is -2.25. The fraction of sp³-hybridized carbons (Fsp3) is 0.323. The van der Waals surface area contributed by atoms with E-state index in [1.54, 1.807) is 7.11 Å². The molecule has 1 amide bonds. The van der Waals surface area contributed by atoms with Crippen LogP contribution in [0.1, 0.15) is 59.7 Å². The van der Waals surface area contributed by atoms with Gasteiger partial charge in [0.25, 0.3) is 0 Å². The summed E-state index contributed by atoms with van der Waals surface area (Å²) in [6.07, 6.45) is 10.8. The summed E-state index contributed by atoms with van der Waals surface area (Å²) in [5.74, 6) is 0.990. The van der Waals surface area contributed by atoms with E-state index in [-0.39, 0.29) is 11.8 Å². The number of nitrogens with one attached hydrogen (secondary N) is 2. The Morgan fingerprint density at radius 2 is 1.97 bits per heavy atom. The SMILES string of the molecule is COc1ccc2c(c1)C1(C[C@H]1c1ccc3c(/C=C/c4ccc(CN5CCCCC5)nc4)n[nH]c3c1)C(=O)N2. The zero-order valence-corrected chi connectivity index (χ0v) is 21.5. The number of H-pyrrole nitrogens is 1. The van der Waals surface area contributed by atoms with Gasteiger partial charge < -0.3 is 10.1 Å². The van der Waals surface area contributed by atoms with Gasteiger partial charge in [-0.1, -0.05) is 30.7 Å². The van der Waals surface area contributed by atoms with Crippen molar-refractivity contribution in [3.8, 4) is 5.75 Å². The van der Waals surface area contributed by atoms with Crippen molar-refractivity contribution in [3.63, 3.8) is 0 Å². The van der Waals surface area contributed by atoms with Crippen LogP contribution in [0.5, 0.6) is 5.75 Å². The molecule has 2 atom stereocenters. The Balaban J connectivity index is 1.08. The molecule has 1 saturated heterocycles. The summed E-state index contributed by atoms with van der Waals surface area (Å²) in [4.78, 5) is 20.2. The van der Waals surface area contributed by atoms with Crippen LogP contribution in [0, 0.1) is 0 Å². The van der Waals surface area contributed by atoms with Gasteiger partial charge in [-0.05, 0) is 85.5 Å². The second-order valence-corrected chi connectivity index (χ2v) is 10.8. The lowest BCUT2D eigenvalue weighted by molar-refractivity contribution is -0.118. The van der Waals surface area contributed by atoms with Crippen molar-refractivity contribution in [1.82, 2.24) is 20.1 Å². The van der Waals surface area contributed by atoms with Gasteiger partial charge in [0.05, 0.1) is 29.4 Å². The van der Waals surface area contributed by atoms with Crippen molar-refractivity contribution in [2.45, 2.75) is 43.6 Å². The van der Waals surface area contributed by atoms with E-state index >= 15 is 0 Å². The van der Waals surface area contributed by atoms with Gasteiger partial charge in [0.1, 0.15) is 5.75 Å². The summed E-state index contributed by atoms with van der Waals surface area (Å²) in [5.41, 5.74) is 6.62. The first-order valence-electron chi connectivity index (χ1n) is 13.5. The number of aromatic nitrogens is 3. The number of fused-ring (bicyclic) bond motifs is 3. The number of ether oxygens (including phenoxy) is 1. The third kappa shape index (κ3) is 3.89. The number of methoxy groups -OCH3 is 1. The summed E-state index contributed by atoms with van der Waals surface area (Å²) >= 11 is 0. The van der Waals surface area contributed by atoms with Crippen LogP contribution in [0.25, 0.3) is 23.1 Å². The summed E-state index contributed by atoms with van der Waals surface area (Å²) < 4.78 is 5.42. The first-order valence-corrected chi connectivity index (χ1v) is 13.5. The predicted molar refractivity (Wildman–Crippen MR) is 149 cm³/mol. The number of benzene rings is 2. The number of nitrogens with zero attached hydrogens (tertiary/aromatic N) is 3. The van der Waals surface area contributed by atoms with Crippen LogP contribution >= 0.6 is 0 Å². The molecular weight excluding hydrogens is 474 g/mol. The Kier molecular flexibility index (Phi) is 5.55. The van der Waals surface area contributed by atoms with E-state index in [1.165, 1.54) is 32.4 Å². The molecule has 7 rings (SSSR count). The molecule has 0 bridgehead atoms. The third-order valence-electron chi connectivity index (χ3n) is 8.46. The highest BCUT2D eigenvalue weighted by Gasteiger charge is 2.65. The van der Waals surface area contributed by atoms with Crippen molar-refractivity contribution in [2.75, 3.05) is 25.5 Å². The maximum atomic E-state index is 13.0. The number of anilines is 1. The fourth-order valence-electron chi connectivity index (χ4n) is 6.25. The molecule has 4 heterocycles. The smallest absolute Gasteiger partial charge is 0.235 e. The summed E-state index contributed by atoms with van der Waals surface area (Å²) in [7, 11) is 1.66. The van der Waals surface area contributed by atoms with Gasteiger partial charge in [-0.2, -0.15) is 5.10 Å². The average Bonchev–Trinajstić information content (AvgIpc) is 3.50. The number of amides is 1. The molecular formula is C31H31N5O2. The van der Waals surface area contributed by atoms with E-state index in [0.717, 1.165) is 63.4 Å². The topological polar surface area (TPSA) is 83.1 Å². The number of carbonyl (C=O) groups is 1. The number of likely N-dealkylation sites (tertiary alicyclic amines) is 1. The van der Waals surface area contributed by atoms with E-state index in [0.29, 0.717) is 0 Å². The maximum absolute atomic E-state index is 13.0. The third-order valence-corrected chi connectivity index (χ3v) is 8.46. The number of hydrogen-bond donors (Lipinski definition) is 2. The van der Waals surface area contributed by atoms with Gasteiger partial charge in [-0.3, -0.25) is 19.8 Å². The van der Waals surface area contributed by atoms with Crippen LogP contribution in [0.15, 0.2) is 54.7 Å². The van der Waals surface area contributed by atoms with Crippen molar-refractivity contribution in [2.24, 2.45) is 0 Å². The highest BCUT2D eigenvalue weighted by atomic mass is 16.5. The van der Waals surface area contributed by atoms with Crippen molar-refractivity contribution < 1.29 is 9.53 Å². The molecule has 1 aliphatic carbocycles. The van der Waals surface area contributed by atoms with Gasteiger partial charge >= 0.3 is 0 Å². The number of hydrogen-bond acceptors (Lipinski definition) is 5. The van der Waals surface area contributed by atoms with Crippen molar-refractivity contribution >= 4 is 34.6 Å². The molecule has 4 aromatic rings. The zero-order valence-electron chi connectivity index (χ0n) is 21.5. The second kappa shape index (κ2) is 9.10. The minimum absolute atomic E-state index is 0.0784. The van der Waals surface area contributed by atoms with Gasteiger partial charge in [-0.25, -0.2) is 0 Å². The van der Waals surface area contributed by atoms with Gasteiger partial charge in [0, 0.05) is 29.7 Å². The molecule has 2 fully saturated rings. The number of piperidine rings is 1. The van der Waals surface area contributed by atoms with Crippen molar-refractivity contribution in [1.29, 1.82) is 0 Å². The highest BCUT2D eigenvalue weighted by Crippen LogP contribution is 2.65. The van der Waals surface area contributed by atoms with E-state index in [9.17, 15) is 4.79 Å². The summed E-state index contributed by atoms with van der Waals surface area (Å²) in [6.45, 7) is 3.28. The standard InChI is InChI=1S/C31H31N5O2/c1-38-23-9-12-28-25(16-23)31(30(37)33-28)17-26(31)21-7-10-24-27(34-35-29(24)15-21)11-6-20-5-8-22(32-18-20)19-36-13-3-2-4-14-36/h5-12,15-16,18,26H,2-4,13-14,17,19H2,1H3,(H,33,37)(H,34,35)/b11-6+/t26-,31?/m0/s1. The number of carbonyl (C=O) groups excluding carboxylic acids is 1. The summed E-state index contributed by atoms with van der Waals surface area (Å²) in [6, 6.07) is 16.5. The molecule has 2 N–H and O–H groups in total. The predicted octanol–water partition coefficient (Wildman–Crippen LogP) is 5.50. The van der Waals surface area contributed by atoms with Crippen molar-refractivity contribution in [3.05, 3.63) is 82.8 Å². The molecule has 3 aliphatic rings. The Morgan fingerprint density at radius 3 is 2.79 bits per heavy atom.